The summed E-state index contributed by atoms with van der Waals surface area (Å²) in [5.74, 6) is -0.187. The van der Waals surface area contributed by atoms with Crippen LogP contribution in [0.5, 0.6) is 0 Å². The minimum absolute atomic E-state index is 0.0523. The van der Waals surface area contributed by atoms with Crippen LogP contribution in [0, 0.1) is 0 Å². The van der Waals surface area contributed by atoms with Crippen LogP contribution in [-0.4, -0.2) is 60.0 Å². The molecule has 1 aliphatic heterocycles. The van der Waals surface area contributed by atoms with Gasteiger partial charge >= 0.3 is 5.97 Å². The number of rotatable bonds is 5. The Hall–Kier alpha value is -1.56. The van der Waals surface area contributed by atoms with Crippen molar-refractivity contribution in [1.29, 1.82) is 0 Å². The van der Waals surface area contributed by atoms with Gasteiger partial charge in [-0.3, -0.25) is 14.5 Å². The Morgan fingerprint density at radius 3 is 2.45 bits per heavy atom. The maximum absolute atomic E-state index is 13.1. The Kier molecular flexibility index (Phi) is 7.60. The lowest BCUT2D eigenvalue weighted by Gasteiger charge is -2.38. The Balaban J connectivity index is 1.72. The van der Waals surface area contributed by atoms with E-state index in [4.69, 9.17) is 27.9 Å². The third kappa shape index (κ3) is 5.74. The van der Waals surface area contributed by atoms with Gasteiger partial charge in [0, 0.05) is 39.1 Å². The molecule has 0 aromatic heterocycles. The summed E-state index contributed by atoms with van der Waals surface area (Å²) in [5, 5.41) is 0.942. The normalized spacial score (nSPS) is 24.9. The van der Waals surface area contributed by atoms with Crippen LogP contribution in [0.15, 0.2) is 30.4 Å². The van der Waals surface area contributed by atoms with E-state index in [1.165, 1.54) is 6.92 Å². The second kappa shape index (κ2) is 9.96. The molecule has 1 aromatic rings. The number of ether oxygens (including phenoxy) is 1. The van der Waals surface area contributed by atoms with Crippen molar-refractivity contribution < 1.29 is 14.3 Å². The predicted molar refractivity (Wildman–Crippen MR) is 115 cm³/mol. The SMILES string of the molecule is CC(=O)OC1CCC(N2CC=CC2)C(N(C)C(=O)Cc2ccc(Cl)c(Cl)c2)CC1. The van der Waals surface area contributed by atoms with E-state index < -0.39 is 0 Å². The largest absolute Gasteiger partial charge is 0.463 e. The number of amides is 1. The van der Waals surface area contributed by atoms with Gasteiger partial charge in [0.05, 0.1) is 16.5 Å². The first-order chi connectivity index (χ1) is 13.8. The Labute approximate surface area is 182 Å². The van der Waals surface area contributed by atoms with Crippen molar-refractivity contribution in [2.45, 2.75) is 57.2 Å². The number of halogens is 2. The highest BCUT2D eigenvalue weighted by atomic mass is 35.5. The molecule has 29 heavy (non-hydrogen) atoms. The third-order valence-electron chi connectivity index (χ3n) is 5.89. The van der Waals surface area contributed by atoms with Crippen molar-refractivity contribution in [3.63, 3.8) is 0 Å². The molecule has 0 bridgehead atoms. The van der Waals surface area contributed by atoms with Gasteiger partial charge in [0.1, 0.15) is 6.10 Å². The van der Waals surface area contributed by atoms with Crippen molar-refractivity contribution in [1.82, 2.24) is 9.80 Å². The van der Waals surface area contributed by atoms with E-state index in [9.17, 15) is 9.59 Å². The summed E-state index contributed by atoms with van der Waals surface area (Å²) in [6.07, 6.45) is 7.85. The molecule has 158 valence electrons. The van der Waals surface area contributed by atoms with Crippen LogP contribution in [0.1, 0.15) is 38.2 Å². The van der Waals surface area contributed by atoms with Crippen molar-refractivity contribution >= 4 is 35.1 Å². The lowest BCUT2D eigenvalue weighted by molar-refractivity contribution is -0.147. The van der Waals surface area contributed by atoms with Crippen molar-refractivity contribution in [2.75, 3.05) is 20.1 Å². The van der Waals surface area contributed by atoms with E-state index in [2.05, 4.69) is 17.1 Å². The van der Waals surface area contributed by atoms with Gasteiger partial charge in [-0.2, -0.15) is 0 Å². The molecule has 1 fully saturated rings. The van der Waals surface area contributed by atoms with Gasteiger partial charge in [-0.25, -0.2) is 0 Å². The molecule has 3 unspecified atom stereocenters. The van der Waals surface area contributed by atoms with Crippen LogP contribution in [0.25, 0.3) is 0 Å². The summed E-state index contributed by atoms with van der Waals surface area (Å²) < 4.78 is 5.49. The summed E-state index contributed by atoms with van der Waals surface area (Å²) in [6, 6.07) is 5.63. The van der Waals surface area contributed by atoms with E-state index in [-0.39, 0.29) is 36.5 Å². The van der Waals surface area contributed by atoms with E-state index in [1.807, 2.05) is 18.0 Å². The predicted octanol–water partition coefficient (Wildman–Crippen LogP) is 4.11. The second-order valence-corrected chi connectivity index (χ2v) is 8.69. The molecule has 3 rings (SSSR count). The van der Waals surface area contributed by atoms with Gasteiger partial charge in [-0.1, -0.05) is 41.4 Å². The third-order valence-corrected chi connectivity index (χ3v) is 6.63. The first-order valence-corrected chi connectivity index (χ1v) is 10.9. The topological polar surface area (TPSA) is 49.9 Å². The maximum Gasteiger partial charge on any atom is 0.302 e. The van der Waals surface area contributed by atoms with E-state index in [0.717, 1.165) is 44.3 Å². The molecule has 1 amide bonds. The standard InChI is InChI=1S/C22H28Cl2N2O3/c1-15(27)29-17-6-9-20(21(10-7-17)26-11-3-4-12-26)25(2)22(28)14-16-5-8-18(23)19(24)13-16/h3-5,8,13,17,20-21H,6-7,9-12,14H2,1-2H3. The van der Waals surface area contributed by atoms with Crippen LogP contribution in [0.2, 0.25) is 10.0 Å². The number of esters is 1. The minimum atomic E-state index is -0.239. The van der Waals surface area contributed by atoms with Crippen LogP contribution >= 0.6 is 23.2 Å². The summed E-state index contributed by atoms with van der Waals surface area (Å²) in [7, 11) is 1.88. The molecule has 0 spiro atoms. The molecule has 0 N–H and O–H groups in total. The average molecular weight is 439 g/mol. The maximum atomic E-state index is 13.1. The van der Waals surface area contributed by atoms with Gasteiger partial charge in [0.25, 0.3) is 0 Å². The molecule has 2 aliphatic rings. The van der Waals surface area contributed by atoms with Crippen molar-refractivity contribution in [2.24, 2.45) is 0 Å². The molecule has 7 heteroatoms. The van der Waals surface area contributed by atoms with Gasteiger partial charge in [-0.05, 0) is 43.4 Å². The van der Waals surface area contributed by atoms with Gasteiger partial charge in [0.15, 0.2) is 0 Å². The summed E-state index contributed by atoms with van der Waals surface area (Å²) in [6.45, 7) is 3.25. The van der Waals surface area contributed by atoms with Crippen LogP contribution in [-0.2, 0) is 20.7 Å². The Morgan fingerprint density at radius 2 is 1.79 bits per heavy atom. The molecule has 3 atom stereocenters. The van der Waals surface area contributed by atoms with Gasteiger partial charge < -0.3 is 9.64 Å². The zero-order chi connectivity index (χ0) is 21.0. The Bertz CT molecular complexity index is 775. The fraction of sp³-hybridized carbons (Fsp3) is 0.545. The van der Waals surface area contributed by atoms with Crippen LogP contribution in [0.4, 0.5) is 0 Å². The van der Waals surface area contributed by atoms with Crippen molar-refractivity contribution in [3.05, 3.63) is 46.0 Å². The Morgan fingerprint density at radius 1 is 1.10 bits per heavy atom. The first kappa shape index (κ1) is 22.1. The monoisotopic (exact) mass is 438 g/mol. The lowest BCUT2D eigenvalue weighted by atomic mass is 9.99. The molecular formula is C22H28Cl2N2O3. The molecule has 1 saturated carbocycles. The van der Waals surface area contributed by atoms with E-state index >= 15 is 0 Å². The highest BCUT2D eigenvalue weighted by Gasteiger charge is 2.36. The number of nitrogens with zero attached hydrogens (tertiary/aromatic N) is 2. The van der Waals surface area contributed by atoms with E-state index in [1.54, 1.807) is 12.1 Å². The molecule has 1 aromatic carbocycles. The molecule has 1 heterocycles. The van der Waals surface area contributed by atoms with Crippen molar-refractivity contribution in [3.8, 4) is 0 Å². The molecular weight excluding hydrogens is 411 g/mol. The number of hydrogen-bond donors (Lipinski definition) is 0. The fourth-order valence-corrected chi connectivity index (χ4v) is 4.69. The number of carbonyl (C=O) groups is 2. The highest BCUT2D eigenvalue weighted by Crippen LogP contribution is 2.29. The first-order valence-electron chi connectivity index (χ1n) is 10.1. The quantitative estimate of drug-likeness (QED) is 0.394. The number of likely N-dealkylation sites (N-methyl/N-ethyl adjacent to an activating group) is 1. The summed E-state index contributed by atoms with van der Waals surface area (Å²) >= 11 is 12.1. The molecule has 1 aliphatic carbocycles. The minimum Gasteiger partial charge on any atom is -0.463 e. The van der Waals surface area contributed by atoms with Gasteiger partial charge in [-0.15, -0.1) is 0 Å². The fourth-order valence-electron chi connectivity index (χ4n) is 4.37. The smallest absolute Gasteiger partial charge is 0.302 e. The molecule has 5 nitrogen and oxygen atoms in total. The molecule has 0 saturated heterocycles. The average Bonchev–Trinajstić information content (AvgIpc) is 3.12. The van der Waals surface area contributed by atoms with E-state index in [0.29, 0.717) is 10.0 Å². The number of hydrogen-bond acceptors (Lipinski definition) is 4. The van der Waals surface area contributed by atoms with Crippen LogP contribution in [0.3, 0.4) is 0 Å². The summed E-state index contributed by atoms with van der Waals surface area (Å²) in [5.41, 5.74) is 0.849. The second-order valence-electron chi connectivity index (χ2n) is 7.88. The summed E-state index contributed by atoms with van der Waals surface area (Å²) in [4.78, 5) is 28.8. The zero-order valence-electron chi connectivity index (χ0n) is 16.9. The van der Waals surface area contributed by atoms with Crippen LogP contribution < -0.4 is 0 Å². The number of benzene rings is 1. The number of carbonyl (C=O) groups excluding carboxylic acids is 2. The lowest BCUT2D eigenvalue weighted by Crippen LogP contribution is -2.51. The van der Waals surface area contributed by atoms with Gasteiger partial charge in [0.2, 0.25) is 5.91 Å². The zero-order valence-corrected chi connectivity index (χ0v) is 18.5. The molecule has 0 radical (unpaired) electrons. The highest BCUT2D eigenvalue weighted by molar-refractivity contribution is 6.42.